The van der Waals surface area contributed by atoms with Crippen molar-refractivity contribution in [1.29, 1.82) is 0 Å². The van der Waals surface area contributed by atoms with Crippen LogP contribution < -0.4 is 4.74 Å². The molecule has 1 aromatic rings. The third kappa shape index (κ3) is 2.05. The number of hydrogen-bond donors (Lipinski definition) is 1. The van der Waals surface area contributed by atoms with E-state index in [2.05, 4.69) is 0 Å². The van der Waals surface area contributed by atoms with Crippen molar-refractivity contribution < 1.29 is 14.6 Å². The third-order valence-corrected chi connectivity index (χ3v) is 2.08. The molecule has 3 heteroatoms. The molecule has 0 atom stereocenters. The Morgan fingerprint density at radius 2 is 2.21 bits per heavy atom. The van der Waals surface area contributed by atoms with Crippen LogP contribution in [0.15, 0.2) is 18.2 Å². The number of carboxylic acid groups (broad SMARTS) is 1. The lowest BCUT2D eigenvalue weighted by Crippen LogP contribution is -2.04. The molecule has 0 radical (unpaired) electrons. The summed E-state index contributed by atoms with van der Waals surface area (Å²) in [6.07, 6.45) is 1.63. The summed E-state index contributed by atoms with van der Waals surface area (Å²) in [6, 6.07) is 5.09. The second-order valence-corrected chi connectivity index (χ2v) is 3.04. The van der Waals surface area contributed by atoms with Crippen LogP contribution in [0.5, 0.6) is 5.75 Å². The van der Waals surface area contributed by atoms with Gasteiger partial charge in [0.15, 0.2) is 0 Å². The first kappa shape index (κ1) is 10.6. The van der Waals surface area contributed by atoms with E-state index in [0.717, 1.165) is 18.4 Å². The highest BCUT2D eigenvalue weighted by molar-refractivity contribution is 5.90. The predicted octanol–water partition coefficient (Wildman–Crippen LogP) is 2.35. The standard InChI is InChI=1S/C11H14O3/c1-3-5-8-9(11(12)13)6-4-7-10(8)14-2/h4,6-7H,3,5H2,1-2H3,(H,12,13). The van der Waals surface area contributed by atoms with Crippen LogP contribution in [0.25, 0.3) is 0 Å². The lowest BCUT2D eigenvalue weighted by atomic mass is 10.0. The zero-order chi connectivity index (χ0) is 10.6. The van der Waals surface area contributed by atoms with Gasteiger partial charge < -0.3 is 9.84 Å². The van der Waals surface area contributed by atoms with Gasteiger partial charge in [-0.2, -0.15) is 0 Å². The second kappa shape index (κ2) is 4.65. The van der Waals surface area contributed by atoms with Gasteiger partial charge in [0.2, 0.25) is 0 Å². The maximum atomic E-state index is 10.9. The van der Waals surface area contributed by atoms with E-state index in [0.29, 0.717) is 11.3 Å². The molecule has 14 heavy (non-hydrogen) atoms. The van der Waals surface area contributed by atoms with Crippen molar-refractivity contribution in [1.82, 2.24) is 0 Å². The zero-order valence-corrected chi connectivity index (χ0v) is 8.41. The fourth-order valence-electron chi connectivity index (χ4n) is 1.47. The van der Waals surface area contributed by atoms with Gasteiger partial charge >= 0.3 is 5.97 Å². The van der Waals surface area contributed by atoms with Gasteiger partial charge in [-0.25, -0.2) is 4.79 Å². The molecule has 0 saturated heterocycles. The van der Waals surface area contributed by atoms with E-state index in [1.807, 2.05) is 6.92 Å². The number of rotatable bonds is 4. The number of carboxylic acids is 1. The molecule has 0 saturated carbocycles. The molecule has 0 aliphatic rings. The maximum Gasteiger partial charge on any atom is 0.336 e. The SMILES string of the molecule is CCCc1c(OC)cccc1C(=O)O. The van der Waals surface area contributed by atoms with E-state index in [1.54, 1.807) is 25.3 Å². The van der Waals surface area contributed by atoms with E-state index >= 15 is 0 Å². The molecular formula is C11H14O3. The Morgan fingerprint density at radius 1 is 1.50 bits per heavy atom. The Hall–Kier alpha value is -1.51. The highest BCUT2D eigenvalue weighted by Crippen LogP contribution is 2.23. The van der Waals surface area contributed by atoms with Crippen molar-refractivity contribution in [2.24, 2.45) is 0 Å². The minimum Gasteiger partial charge on any atom is -0.496 e. The van der Waals surface area contributed by atoms with Crippen molar-refractivity contribution in [2.75, 3.05) is 7.11 Å². The van der Waals surface area contributed by atoms with Crippen LogP contribution in [0, 0.1) is 0 Å². The molecule has 1 rings (SSSR count). The lowest BCUT2D eigenvalue weighted by Gasteiger charge is -2.10. The zero-order valence-electron chi connectivity index (χ0n) is 8.41. The van der Waals surface area contributed by atoms with Gasteiger partial charge in [-0.15, -0.1) is 0 Å². The Bertz CT molecular complexity index is 331. The third-order valence-electron chi connectivity index (χ3n) is 2.08. The minimum absolute atomic E-state index is 0.339. The average molecular weight is 194 g/mol. The molecule has 3 nitrogen and oxygen atoms in total. The van der Waals surface area contributed by atoms with Gasteiger partial charge in [0.1, 0.15) is 5.75 Å². The first-order valence-electron chi connectivity index (χ1n) is 4.59. The van der Waals surface area contributed by atoms with E-state index in [-0.39, 0.29) is 0 Å². The van der Waals surface area contributed by atoms with Gasteiger partial charge in [-0.1, -0.05) is 19.4 Å². The van der Waals surface area contributed by atoms with E-state index in [4.69, 9.17) is 9.84 Å². The minimum atomic E-state index is -0.896. The Labute approximate surface area is 83.3 Å². The van der Waals surface area contributed by atoms with Crippen molar-refractivity contribution in [3.8, 4) is 5.75 Å². The van der Waals surface area contributed by atoms with E-state index < -0.39 is 5.97 Å². The summed E-state index contributed by atoms with van der Waals surface area (Å²) in [5.74, 6) is -0.237. The molecule has 0 spiro atoms. The summed E-state index contributed by atoms with van der Waals surface area (Å²) in [5.41, 5.74) is 1.12. The number of methoxy groups -OCH3 is 1. The molecule has 0 fully saturated rings. The Balaban J connectivity index is 3.20. The molecule has 0 aromatic heterocycles. The van der Waals surface area contributed by atoms with Crippen molar-refractivity contribution in [3.63, 3.8) is 0 Å². The summed E-state index contributed by atoms with van der Waals surface area (Å²) in [4.78, 5) is 10.9. The lowest BCUT2D eigenvalue weighted by molar-refractivity contribution is 0.0695. The van der Waals surface area contributed by atoms with Crippen LogP contribution in [0.4, 0.5) is 0 Å². The molecule has 1 aromatic carbocycles. The highest BCUT2D eigenvalue weighted by atomic mass is 16.5. The normalized spacial score (nSPS) is 9.86. The van der Waals surface area contributed by atoms with Gasteiger partial charge in [-0.3, -0.25) is 0 Å². The quantitative estimate of drug-likeness (QED) is 0.800. The van der Waals surface area contributed by atoms with Crippen LogP contribution in [-0.2, 0) is 6.42 Å². The molecule has 1 N–H and O–H groups in total. The summed E-state index contributed by atoms with van der Waals surface area (Å²) >= 11 is 0. The molecule has 0 aliphatic heterocycles. The first-order valence-corrected chi connectivity index (χ1v) is 4.59. The van der Waals surface area contributed by atoms with Crippen LogP contribution in [0.1, 0.15) is 29.3 Å². The summed E-state index contributed by atoms with van der Waals surface area (Å²) in [6.45, 7) is 2.01. The van der Waals surface area contributed by atoms with Crippen LogP contribution >= 0.6 is 0 Å². The summed E-state index contributed by atoms with van der Waals surface area (Å²) < 4.78 is 5.13. The molecule has 0 unspecified atom stereocenters. The topological polar surface area (TPSA) is 46.5 Å². The maximum absolute atomic E-state index is 10.9. The number of carbonyl (C=O) groups is 1. The fraction of sp³-hybridized carbons (Fsp3) is 0.364. The number of ether oxygens (including phenoxy) is 1. The van der Waals surface area contributed by atoms with Gasteiger partial charge in [-0.05, 0) is 18.6 Å². The molecule has 0 aliphatic carbocycles. The number of aromatic carboxylic acids is 1. The number of benzene rings is 1. The fourth-order valence-corrected chi connectivity index (χ4v) is 1.47. The predicted molar refractivity (Wildman–Crippen MR) is 53.9 cm³/mol. The van der Waals surface area contributed by atoms with Crippen LogP contribution in [0.2, 0.25) is 0 Å². The van der Waals surface area contributed by atoms with Crippen LogP contribution in [0.3, 0.4) is 0 Å². The van der Waals surface area contributed by atoms with Gasteiger partial charge in [0.25, 0.3) is 0 Å². The van der Waals surface area contributed by atoms with Gasteiger partial charge in [0, 0.05) is 5.56 Å². The van der Waals surface area contributed by atoms with Gasteiger partial charge in [0.05, 0.1) is 12.7 Å². The molecule has 0 bridgehead atoms. The Kier molecular flexibility index (Phi) is 3.51. The molecule has 0 heterocycles. The van der Waals surface area contributed by atoms with Crippen molar-refractivity contribution in [3.05, 3.63) is 29.3 Å². The molecule has 0 amide bonds. The average Bonchev–Trinajstić information content (AvgIpc) is 2.18. The second-order valence-electron chi connectivity index (χ2n) is 3.04. The number of hydrogen-bond acceptors (Lipinski definition) is 2. The van der Waals surface area contributed by atoms with Crippen LogP contribution in [-0.4, -0.2) is 18.2 Å². The van der Waals surface area contributed by atoms with E-state index in [9.17, 15) is 4.79 Å². The first-order chi connectivity index (χ1) is 6.70. The molecule has 76 valence electrons. The molecular weight excluding hydrogens is 180 g/mol. The summed E-state index contributed by atoms with van der Waals surface area (Å²) in [5, 5.41) is 8.96. The Morgan fingerprint density at radius 3 is 2.71 bits per heavy atom. The van der Waals surface area contributed by atoms with Crippen molar-refractivity contribution >= 4 is 5.97 Å². The smallest absolute Gasteiger partial charge is 0.336 e. The highest BCUT2D eigenvalue weighted by Gasteiger charge is 2.12. The largest absolute Gasteiger partial charge is 0.496 e. The van der Waals surface area contributed by atoms with E-state index in [1.165, 1.54) is 0 Å². The monoisotopic (exact) mass is 194 g/mol. The summed E-state index contributed by atoms with van der Waals surface area (Å²) in [7, 11) is 1.56. The van der Waals surface area contributed by atoms with Crippen molar-refractivity contribution in [2.45, 2.75) is 19.8 Å².